The lowest BCUT2D eigenvalue weighted by molar-refractivity contribution is 0.247. The van der Waals surface area contributed by atoms with Gasteiger partial charge < -0.3 is 5.32 Å². The maximum absolute atomic E-state index is 3.27. The molecule has 0 saturated carbocycles. The van der Waals surface area contributed by atoms with Crippen LogP contribution in [0.3, 0.4) is 0 Å². The van der Waals surface area contributed by atoms with E-state index in [0.717, 1.165) is 6.04 Å². The van der Waals surface area contributed by atoms with Gasteiger partial charge in [0.05, 0.1) is 0 Å². The van der Waals surface area contributed by atoms with Crippen molar-refractivity contribution in [2.75, 3.05) is 26.7 Å². The van der Waals surface area contributed by atoms with Gasteiger partial charge in [0.15, 0.2) is 0 Å². The number of hydrogen-bond donors (Lipinski definition) is 1. The van der Waals surface area contributed by atoms with E-state index in [0.29, 0.717) is 0 Å². The second kappa shape index (κ2) is 5.55. The molecule has 0 radical (unpaired) electrons. The zero-order valence-electron chi connectivity index (χ0n) is 8.47. The highest BCUT2D eigenvalue weighted by molar-refractivity contribution is 4.79. The highest BCUT2D eigenvalue weighted by Gasteiger charge is 2.22. The number of likely N-dealkylation sites (tertiary alicyclic amines) is 1. The lowest BCUT2D eigenvalue weighted by Crippen LogP contribution is -2.37. The third kappa shape index (κ3) is 2.76. The smallest absolute Gasteiger partial charge is 0.0220 e. The van der Waals surface area contributed by atoms with Crippen molar-refractivity contribution in [1.29, 1.82) is 0 Å². The van der Waals surface area contributed by atoms with Gasteiger partial charge in [0.25, 0.3) is 0 Å². The largest absolute Gasteiger partial charge is 0.318 e. The molecule has 0 aromatic rings. The molecule has 1 aliphatic rings. The molecule has 0 aromatic carbocycles. The first kappa shape index (κ1) is 10.0. The zero-order valence-corrected chi connectivity index (χ0v) is 8.47. The van der Waals surface area contributed by atoms with Crippen molar-refractivity contribution in [1.82, 2.24) is 10.2 Å². The van der Waals surface area contributed by atoms with Crippen LogP contribution in [0.15, 0.2) is 0 Å². The fourth-order valence-corrected chi connectivity index (χ4v) is 2.02. The van der Waals surface area contributed by atoms with E-state index < -0.39 is 0 Å². The number of hydrogen-bond acceptors (Lipinski definition) is 2. The Morgan fingerprint density at radius 1 is 1.50 bits per heavy atom. The van der Waals surface area contributed by atoms with Gasteiger partial charge in [0, 0.05) is 12.6 Å². The molecule has 1 fully saturated rings. The van der Waals surface area contributed by atoms with Crippen molar-refractivity contribution in [2.24, 2.45) is 0 Å². The second-order valence-corrected chi connectivity index (χ2v) is 3.74. The van der Waals surface area contributed by atoms with Crippen LogP contribution in [0.1, 0.15) is 32.6 Å². The average molecular weight is 170 g/mol. The number of likely N-dealkylation sites (N-methyl/N-ethyl adjacent to an activating group) is 1. The summed E-state index contributed by atoms with van der Waals surface area (Å²) in [5.74, 6) is 0. The van der Waals surface area contributed by atoms with E-state index >= 15 is 0 Å². The SMILES string of the molecule is CCCCN1CCCC1CNC. The standard InChI is InChI=1S/C10H22N2/c1-3-4-7-12-8-5-6-10(12)9-11-2/h10-11H,3-9H2,1-2H3. The molecule has 0 spiro atoms. The molecule has 1 aliphatic heterocycles. The first-order valence-corrected chi connectivity index (χ1v) is 5.27. The summed E-state index contributed by atoms with van der Waals surface area (Å²) in [6.07, 6.45) is 5.48. The number of nitrogens with zero attached hydrogens (tertiary/aromatic N) is 1. The topological polar surface area (TPSA) is 15.3 Å². The van der Waals surface area contributed by atoms with Gasteiger partial charge in [-0.15, -0.1) is 0 Å². The summed E-state index contributed by atoms with van der Waals surface area (Å²) < 4.78 is 0. The van der Waals surface area contributed by atoms with Crippen LogP contribution >= 0.6 is 0 Å². The van der Waals surface area contributed by atoms with Gasteiger partial charge in [-0.05, 0) is 39.4 Å². The minimum atomic E-state index is 0.821. The number of nitrogens with one attached hydrogen (secondary N) is 1. The van der Waals surface area contributed by atoms with Crippen LogP contribution < -0.4 is 5.32 Å². The molecule has 2 nitrogen and oxygen atoms in total. The molecule has 1 N–H and O–H groups in total. The van der Waals surface area contributed by atoms with E-state index in [1.54, 1.807) is 0 Å². The molecule has 1 saturated heterocycles. The summed E-state index contributed by atoms with van der Waals surface area (Å²) in [6, 6.07) is 0.821. The predicted molar refractivity (Wildman–Crippen MR) is 53.4 cm³/mol. The van der Waals surface area contributed by atoms with Crippen molar-refractivity contribution >= 4 is 0 Å². The van der Waals surface area contributed by atoms with Gasteiger partial charge >= 0.3 is 0 Å². The molecule has 1 rings (SSSR count). The molecule has 1 atom stereocenters. The zero-order chi connectivity index (χ0) is 8.81. The van der Waals surface area contributed by atoms with Crippen LogP contribution in [0, 0.1) is 0 Å². The molecule has 0 aliphatic carbocycles. The quantitative estimate of drug-likeness (QED) is 0.672. The van der Waals surface area contributed by atoms with Gasteiger partial charge in [-0.3, -0.25) is 4.90 Å². The minimum Gasteiger partial charge on any atom is -0.318 e. The summed E-state index contributed by atoms with van der Waals surface area (Å²) in [4.78, 5) is 2.64. The predicted octanol–water partition coefficient (Wildman–Crippen LogP) is 1.47. The molecule has 12 heavy (non-hydrogen) atoms. The summed E-state index contributed by atoms with van der Waals surface area (Å²) in [7, 11) is 2.05. The Balaban J connectivity index is 2.20. The van der Waals surface area contributed by atoms with Crippen molar-refractivity contribution in [3.05, 3.63) is 0 Å². The van der Waals surface area contributed by atoms with Gasteiger partial charge in [-0.1, -0.05) is 13.3 Å². The summed E-state index contributed by atoms with van der Waals surface area (Å²) >= 11 is 0. The highest BCUT2D eigenvalue weighted by Crippen LogP contribution is 2.16. The van der Waals surface area contributed by atoms with Crippen LogP contribution in [-0.4, -0.2) is 37.6 Å². The van der Waals surface area contributed by atoms with Crippen LogP contribution in [0.5, 0.6) is 0 Å². The van der Waals surface area contributed by atoms with E-state index in [2.05, 4.69) is 24.2 Å². The third-order valence-electron chi connectivity index (χ3n) is 2.74. The third-order valence-corrected chi connectivity index (χ3v) is 2.74. The Bertz CT molecular complexity index is 114. The van der Waals surface area contributed by atoms with Gasteiger partial charge in [0.1, 0.15) is 0 Å². The molecule has 2 heteroatoms. The van der Waals surface area contributed by atoms with Crippen LogP contribution in [-0.2, 0) is 0 Å². The van der Waals surface area contributed by atoms with Gasteiger partial charge in [-0.2, -0.15) is 0 Å². The maximum Gasteiger partial charge on any atom is 0.0220 e. The molecule has 1 heterocycles. The Morgan fingerprint density at radius 2 is 2.33 bits per heavy atom. The molecule has 0 amide bonds. The Kier molecular flexibility index (Phi) is 4.62. The summed E-state index contributed by atoms with van der Waals surface area (Å²) in [6.45, 7) is 6.07. The molecular formula is C10H22N2. The Hall–Kier alpha value is -0.0800. The van der Waals surface area contributed by atoms with E-state index in [4.69, 9.17) is 0 Å². The van der Waals surface area contributed by atoms with Gasteiger partial charge in [0.2, 0.25) is 0 Å². The second-order valence-electron chi connectivity index (χ2n) is 3.74. The molecule has 0 bridgehead atoms. The maximum atomic E-state index is 3.27. The van der Waals surface area contributed by atoms with Crippen LogP contribution in [0.4, 0.5) is 0 Å². The number of unbranched alkanes of at least 4 members (excludes halogenated alkanes) is 1. The lowest BCUT2D eigenvalue weighted by Gasteiger charge is -2.23. The van der Waals surface area contributed by atoms with E-state index in [1.807, 2.05) is 0 Å². The van der Waals surface area contributed by atoms with E-state index in [1.165, 1.54) is 45.3 Å². The minimum absolute atomic E-state index is 0.821. The molecule has 0 aromatic heterocycles. The van der Waals surface area contributed by atoms with Crippen molar-refractivity contribution in [3.8, 4) is 0 Å². The Labute approximate surface area is 76.3 Å². The van der Waals surface area contributed by atoms with Gasteiger partial charge in [-0.25, -0.2) is 0 Å². The summed E-state index contributed by atoms with van der Waals surface area (Å²) in [5, 5.41) is 3.27. The first-order chi connectivity index (χ1) is 5.88. The van der Waals surface area contributed by atoms with Crippen LogP contribution in [0.25, 0.3) is 0 Å². The van der Waals surface area contributed by atoms with Crippen molar-refractivity contribution in [2.45, 2.75) is 38.6 Å². The highest BCUT2D eigenvalue weighted by atomic mass is 15.2. The molecule has 72 valence electrons. The summed E-state index contributed by atoms with van der Waals surface area (Å²) in [5.41, 5.74) is 0. The van der Waals surface area contributed by atoms with E-state index in [-0.39, 0.29) is 0 Å². The molecular weight excluding hydrogens is 148 g/mol. The fraction of sp³-hybridized carbons (Fsp3) is 1.00. The number of rotatable bonds is 5. The normalized spacial score (nSPS) is 25.0. The first-order valence-electron chi connectivity index (χ1n) is 5.27. The van der Waals surface area contributed by atoms with Crippen LogP contribution in [0.2, 0.25) is 0 Å². The lowest BCUT2D eigenvalue weighted by atomic mass is 10.2. The fourth-order valence-electron chi connectivity index (χ4n) is 2.02. The average Bonchev–Trinajstić information content (AvgIpc) is 2.50. The monoisotopic (exact) mass is 170 g/mol. The Morgan fingerprint density at radius 3 is 3.00 bits per heavy atom. The van der Waals surface area contributed by atoms with Crippen molar-refractivity contribution in [3.63, 3.8) is 0 Å². The molecule has 1 unspecified atom stereocenters. The van der Waals surface area contributed by atoms with E-state index in [9.17, 15) is 0 Å². The van der Waals surface area contributed by atoms with Crippen molar-refractivity contribution < 1.29 is 0 Å².